The van der Waals surface area contributed by atoms with Crippen molar-refractivity contribution in [3.63, 3.8) is 0 Å². The van der Waals surface area contributed by atoms with E-state index in [1.54, 1.807) is 17.7 Å². The highest BCUT2D eigenvalue weighted by Gasteiger charge is 2.11. The van der Waals surface area contributed by atoms with Gasteiger partial charge in [0.25, 0.3) is 5.91 Å². The fourth-order valence-electron chi connectivity index (χ4n) is 1.10. The van der Waals surface area contributed by atoms with Crippen LogP contribution in [-0.2, 0) is 10.8 Å². The first-order chi connectivity index (χ1) is 8.54. The van der Waals surface area contributed by atoms with Crippen molar-refractivity contribution < 1.29 is 14.1 Å². The third-order valence-corrected chi connectivity index (χ3v) is 4.41. The molecule has 0 spiro atoms. The molecule has 0 saturated heterocycles. The van der Waals surface area contributed by atoms with Crippen LogP contribution >= 0.6 is 11.3 Å². The van der Waals surface area contributed by atoms with Crippen LogP contribution in [0.5, 0.6) is 0 Å². The molecule has 0 radical (unpaired) electrons. The number of thiophene rings is 1. The summed E-state index contributed by atoms with van der Waals surface area (Å²) in [4.78, 5) is 12.5. The Bertz CT molecular complexity index is 499. The molecular weight excluding hydrogens is 270 g/mol. The average Bonchev–Trinajstić information content (AvgIpc) is 2.81. The van der Waals surface area contributed by atoms with Gasteiger partial charge in [0.15, 0.2) is 0 Å². The molecule has 98 valence electrons. The number of hydrogen-bond acceptors (Lipinski definition) is 4. The first-order valence-corrected chi connectivity index (χ1v) is 7.83. The van der Waals surface area contributed by atoms with Gasteiger partial charge >= 0.3 is 0 Å². The lowest BCUT2D eigenvalue weighted by Gasteiger charge is -2.08. The van der Waals surface area contributed by atoms with Gasteiger partial charge in [-0.15, -0.1) is 11.3 Å². The summed E-state index contributed by atoms with van der Waals surface area (Å²) in [5.74, 6) is 5.07. The van der Waals surface area contributed by atoms with Crippen LogP contribution in [0.15, 0.2) is 11.4 Å². The third-order valence-electron chi connectivity index (χ3n) is 2.27. The predicted octanol–water partition coefficient (Wildman–Crippen LogP) is 0.589. The molecule has 1 aromatic heterocycles. The Hall–Kier alpha value is -1.16. The fraction of sp³-hybridized carbons (Fsp3) is 0.417. The first-order valence-electron chi connectivity index (χ1n) is 5.33. The maximum Gasteiger partial charge on any atom is 0.252 e. The number of nitrogens with one attached hydrogen (secondary N) is 1. The Labute approximate surface area is 113 Å². The number of carbonyl (C=O) groups excluding carboxylic acids is 1. The average molecular weight is 285 g/mol. The van der Waals surface area contributed by atoms with Crippen LogP contribution in [0.4, 0.5) is 0 Å². The van der Waals surface area contributed by atoms with Gasteiger partial charge in [0.05, 0.1) is 10.4 Å². The lowest BCUT2D eigenvalue weighted by molar-refractivity contribution is 0.0954. The number of aliphatic hydroxyl groups excluding tert-OH is 1. The third kappa shape index (κ3) is 4.61. The van der Waals surface area contributed by atoms with E-state index < -0.39 is 10.8 Å². The zero-order valence-corrected chi connectivity index (χ0v) is 11.9. The maximum absolute atomic E-state index is 11.8. The van der Waals surface area contributed by atoms with Gasteiger partial charge in [0, 0.05) is 34.2 Å². The van der Waals surface area contributed by atoms with E-state index >= 15 is 0 Å². The fourth-order valence-corrected chi connectivity index (χ4v) is 2.18. The van der Waals surface area contributed by atoms with Crippen LogP contribution < -0.4 is 5.32 Å². The van der Waals surface area contributed by atoms with Gasteiger partial charge in [0.2, 0.25) is 0 Å². The van der Waals surface area contributed by atoms with Crippen LogP contribution in [0.3, 0.4) is 0 Å². The van der Waals surface area contributed by atoms with Crippen molar-refractivity contribution in [2.24, 2.45) is 0 Å². The molecule has 18 heavy (non-hydrogen) atoms. The molecule has 1 heterocycles. The molecule has 0 aromatic carbocycles. The van der Waals surface area contributed by atoms with Crippen molar-refractivity contribution >= 4 is 28.0 Å². The Morgan fingerprint density at radius 2 is 2.39 bits per heavy atom. The zero-order valence-electron chi connectivity index (χ0n) is 10.2. The maximum atomic E-state index is 11.8. The molecule has 0 bridgehead atoms. The van der Waals surface area contributed by atoms with Gasteiger partial charge in [-0.25, -0.2) is 0 Å². The molecule has 2 atom stereocenters. The van der Waals surface area contributed by atoms with Gasteiger partial charge < -0.3 is 10.4 Å². The van der Waals surface area contributed by atoms with Crippen molar-refractivity contribution in [2.45, 2.75) is 12.2 Å². The molecule has 2 unspecified atom stereocenters. The molecule has 2 N–H and O–H groups in total. The van der Waals surface area contributed by atoms with Crippen molar-refractivity contribution in [1.82, 2.24) is 5.32 Å². The normalized spacial score (nSPS) is 13.3. The van der Waals surface area contributed by atoms with E-state index in [2.05, 4.69) is 17.2 Å². The number of rotatable bonds is 4. The molecule has 4 nitrogen and oxygen atoms in total. The highest BCUT2D eigenvalue weighted by molar-refractivity contribution is 7.84. The van der Waals surface area contributed by atoms with Crippen molar-refractivity contribution in [2.75, 3.05) is 19.4 Å². The Kier molecular flexibility index (Phi) is 6.05. The monoisotopic (exact) mass is 285 g/mol. The Morgan fingerprint density at radius 3 is 3.00 bits per heavy atom. The summed E-state index contributed by atoms with van der Waals surface area (Å²) in [5, 5.41) is 12.9. The summed E-state index contributed by atoms with van der Waals surface area (Å²) in [6.45, 7) is 2.01. The number of hydrogen-bond donors (Lipinski definition) is 2. The number of amides is 1. The predicted molar refractivity (Wildman–Crippen MR) is 74.1 cm³/mol. The molecule has 0 fully saturated rings. The summed E-state index contributed by atoms with van der Waals surface area (Å²) >= 11 is 1.35. The molecule has 0 saturated carbocycles. The van der Waals surface area contributed by atoms with Crippen LogP contribution in [0.25, 0.3) is 0 Å². The second-order valence-corrected chi connectivity index (χ2v) is 6.39. The molecular formula is C12H15NO3S2. The van der Waals surface area contributed by atoms with Gasteiger partial charge in [-0.05, 0) is 13.0 Å². The van der Waals surface area contributed by atoms with E-state index in [-0.39, 0.29) is 17.8 Å². The Balaban J connectivity index is 2.57. The largest absolute Gasteiger partial charge is 0.384 e. The summed E-state index contributed by atoms with van der Waals surface area (Å²) in [6, 6.07) is 1.68. The van der Waals surface area contributed by atoms with Crippen molar-refractivity contribution in [3.8, 4) is 11.8 Å². The molecule has 0 aliphatic heterocycles. The van der Waals surface area contributed by atoms with E-state index in [1.165, 1.54) is 11.3 Å². The van der Waals surface area contributed by atoms with E-state index in [4.69, 9.17) is 5.11 Å². The quantitative estimate of drug-likeness (QED) is 0.796. The molecule has 1 rings (SSSR count). The minimum Gasteiger partial charge on any atom is -0.384 e. The Morgan fingerprint density at radius 1 is 1.67 bits per heavy atom. The highest BCUT2D eigenvalue weighted by atomic mass is 32.2. The molecule has 0 aliphatic rings. The lowest BCUT2D eigenvalue weighted by Crippen LogP contribution is -2.32. The standard InChI is InChI=1S/C12H15NO3S2/c1-9(18(2)16)7-13-12(15)10-6-11(17-8-10)4-3-5-14/h6,8-9,14H,5,7H2,1-2H3,(H,13,15). The molecule has 6 heteroatoms. The van der Waals surface area contributed by atoms with E-state index in [0.29, 0.717) is 12.1 Å². The van der Waals surface area contributed by atoms with Crippen LogP contribution in [0.1, 0.15) is 22.2 Å². The van der Waals surface area contributed by atoms with Crippen LogP contribution in [0.2, 0.25) is 0 Å². The topological polar surface area (TPSA) is 66.4 Å². The second-order valence-electron chi connectivity index (χ2n) is 3.68. The van der Waals surface area contributed by atoms with E-state index in [0.717, 1.165) is 4.88 Å². The van der Waals surface area contributed by atoms with E-state index in [9.17, 15) is 9.00 Å². The van der Waals surface area contributed by atoms with Crippen LogP contribution in [0, 0.1) is 11.8 Å². The summed E-state index contributed by atoms with van der Waals surface area (Å²) < 4.78 is 11.1. The van der Waals surface area contributed by atoms with Crippen molar-refractivity contribution in [3.05, 3.63) is 21.9 Å². The zero-order chi connectivity index (χ0) is 13.5. The summed E-state index contributed by atoms with van der Waals surface area (Å²) in [7, 11) is -0.944. The molecule has 1 aromatic rings. The minimum absolute atomic E-state index is 0.0683. The second kappa shape index (κ2) is 7.31. The van der Waals surface area contributed by atoms with Crippen molar-refractivity contribution in [1.29, 1.82) is 0 Å². The van der Waals surface area contributed by atoms with Crippen LogP contribution in [-0.4, -0.2) is 39.9 Å². The number of aliphatic hydroxyl groups is 1. The smallest absolute Gasteiger partial charge is 0.252 e. The minimum atomic E-state index is -0.944. The SMILES string of the molecule is CC(CNC(=O)c1csc(C#CCO)c1)S(C)=O. The number of carbonyl (C=O) groups is 1. The van der Waals surface area contributed by atoms with Gasteiger partial charge in [-0.1, -0.05) is 11.8 Å². The highest BCUT2D eigenvalue weighted by Crippen LogP contribution is 2.13. The summed E-state index contributed by atoms with van der Waals surface area (Å²) in [6.07, 6.45) is 1.62. The lowest BCUT2D eigenvalue weighted by atomic mass is 10.3. The molecule has 1 amide bonds. The van der Waals surface area contributed by atoms with E-state index in [1.807, 2.05) is 6.92 Å². The van der Waals surface area contributed by atoms with Gasteiger partial charge in [0.1, 0.15) is 6.61 Å². The summed E-state index contributed by atoms with van der Waals surface area (Å²) in [5.41, 5.74) is 0.538. The first kappa shape index (κ1) is 14.9. The molecule has 0 aliphatic carbocycles. The van der Waals surface area contributed by atoms with Gasteiger partial charge in [-0.3, -0.25) is 9.00 Å². The van der Waals surface area contributed by atoms with Gasteiger partial charge in [-0.2, -0.15) is 0 Å².